The molecule has 0 aliphatic rings. The molecule has 0 saturated carbocycles. The fourth-order valence-electron chi connectivity index (χ4n) is 1.52. The number of rotatable bonds is 2. The minimum absolute atomic E-state index is 0.271. The summed E-state index contributed by atoms with van der Waals surface area (Å²) in [4.78, 5) is 0. The van der Waals surface area contributed by atoms with Crippen LogP contribution in [0.25, 0.3) is 0 Å². The smallest absolute Gasteiger partial charge is 0.0850 e. The Balaban J connectivity index is 2.42. The molecule has 1 unspecified atom stereocenters. The van der Waals surface area contributed by atoms with Gasteiger partial charge in [-0.2, -0.15) is 0 Å². The summed E-state index contributed by atoms with van der Waals surface area (Å²) in [5.74, 6) is 0. The van der Waals surface area contributed by atoms with E-state index in [4.69, 9.17) is 34.8 Å². The van der Waals surface area contributed by atoms with Crippen LogP contribution in [-0.4, -0.2) is 0 Å². The molecular weight excluding hydrogens is 263 g/mol. The number of benzene rings is 2. The quantitative estimate of drug-likeness (QED) is 0.648. The molecule has 3 heteroatoms. The minimum atomic E-state index is -0.271. The molecule has 0 spiro atoms. The molecule has 0 aromatic heterocycles. The van der Waals surface area contributed by atoms with Gasteiger partial charge < -0.3 is 0 Å². The Hall–Kier alpha value is -0.690. The molecule has 0 saturated heterocycles. The van der Waals surface area contributed by atoms with Crippen molar-refractivity contribution >= 4 is 34.8 Å². The molecule has 2 rings (SSSR count). The normalized spacial score (nSPS) is 12.4. The lowest BCUT2D eigenvalue weighted by Crippen LogP contribution is -1.94. The lowest BCUT2D eigenvalue weighted by atomic mass is 10.0. The van der Waals surface area contributed by atoms with Crippen LogP contribution < -0.4 is 0 Å². The summed E-state index contributed by atoms with van der Waals surface area (Å²) in [6.45, 7) is 0. The van der Waals surface area contributed by atoms with Gasteiger partial charge in [0.05, 0.1) is 15.4 Å². The maximum atomic E-state index is 6.37. The van der Waals surface area contributed by atoms with Crippen molar-refractivity contribution in [2.24, 2.45) is 0 Å². The van der Waals surface area contributed by atoms with Crippen molar-refractivity contribution in [3.8, 4) is 0 Å². The zero-order valence-corrected chi connectivity index (χ0v) is 10.6. The van der Waals surface area contributed by atoms with Crippen molar-refractivity contribution in [3.63, 3.8) is 0 Å². The van der Waals surface area contributed by atoms with Crippen LogP contribution in [-0.2, 0) is 0 Å². The average molecular weight is 272 g/mol. The summed E-state index contributed by atoms with van der Waals surface area (Å²) < 4.78 is 0. The molecule has 1 atom stereocenters. The highest BCUT2D eigenvalue weighted by Gasteiger charge is 2.15. The van der Waals surface area contributed by atoms with E-state index in [-0.39, 0.29) is 5.38 Å². The van der Waals surface area contributed by atoms with E-state index < -0.39 is 0 Å². The molecule has 0 heterocycles. The summed E-state index contributed by atoms with van der Waals surface area (Å²) in [5.41, 5.74) is 1.84. The predicted molar refractivity (Wildman–Crippen MR) is 70.6 cm³/mol. The lowest BCUT2D eigenvalue weighted by molar-refractivity contribution is 1.14. The van der Waals surface area contributed by atoms with Gasteiger partial charge in [-0.1, -0.05) is 65.7 Å². The Labute approximate surface area is 110 Å². The SMILES string of the molecule is Clc1cccc(C(Cl)c2ccccc2)c1Cl. The monoisotopic (exact) mass is 270 g/mol. The zero-order chi connectivity index (χ0) is 11.5. The third kappa shape index (κ3) is 2.35. The number of alkyl halides is 1. The van der Waals surface area contributed by atoms with E-state index in [0.717, 1.165) is 11.1 Å². The van der Waals surface area contributed by atoms with Crippen LogP contribution in [0.1, 0.15) is 16.5 Å². The molecule has 2 aromatic carbocycles. The maximum absolute atomic E-state index is 6.37. The minimum Gasteiger partial charge on any atom is -0.113 e. The van der Waals surface area contributed by atoms with Crippen LogP contribution >= 0.6 is 34.8 Å². The fraction of sp³-hybridized carbons (Fsp3) is 0.0769. The van der Waals surface area contributed by atoms with Gasteiger partial charge in [-0.25, -0.2) is 0 Å². The number of hydrogen-bond donors (Lipinski definition) is 0. The van der Waals surface area contributed by atoms with Crippen molar-refractivity contribution in [2.45, 2.75) is 5.38 Å². The molecule has 0 radical (unpaired) electrons. The van der Waals surface area contributed by atoms with Gasteiger partial charge in [-0.15, -0.1) is 11.6 Å². The number of hydrogen-bond acceptors (Lipinski definition) is 0. The molecule has 0 bridgehead atoms. The molecule has 16 heavy (non-hydrogen) atoms. The third-order valence-electron chi connectivity index (χ3n) is 2.35. The second-order valence-corrected chi connectivity index (χ2v) is 4.64. The second-order valence-electron chi connectivity index (χ2n) is 3.42. The van der Waals surface area contributed by atoms with Gasteiger partial charge in [0.25, 0.3) is 0 Å². The zero-order valence-electron chi connectivity index (χ0n) is 8.33. The van der Waals surface area contributed by atoms with Crippen molar-refractivity contribution in [2.75, 3.05) is 0 Å². The Bertz CT molecular complexity index is 480. The topological polar surface area (TPSA) is 0 Å². The van der Waals surface area contributed by atoms with Crippen LogP contribution in [0.2, 0.25) is 10.0 Å². The standard InChI is InChI=1S/C13H9Cl3/c14-11-8-4-7-10(13(11)16)12(15)9-5-2-1-3-6-9/h1-8,12H. The maximum Gasteiger partial charge on any atom is 0.0850 e. The highest BCUT2D eigenvalue weighted by molar-refractivity contribution is 6.43. The Morgan fingerprint density at radius 3 is 2.19 bits per heavy atom. The van der Waals surface area contributed by atoms with Crippen LogP contribution in [0, 0.1) is 0 Å². The highest BCUT2D eigenvalue weighted by atomic mass is 35.5. The van der Waals surface area contributed by atoms with Gasteiger partial charge in [0.2, 0.25) is 0 Å². The van der Waals surface area contributed by atoms with Crippen molar-refractivity contribution in [3.05, 3.63) is 69.7 Å². The molecule has 2 aromatic rings. The Morgan fingerprint density at radius 2 is 1.50 bits per heavy atom. The summed E-state index contributed by atoms with van der Waals surface area (Å²) >= 11 is 18.4. The first kappa shape index (κ1) is 11.8. The second kappa shape index (κ2) is 5.09. The van der Waals surface area contributed by atoms with Crippen LogP contribution in [0.5, 0.6) is 0 Å². The molecule has 0 N–H and O–H groups in total. The predicted octanol–water partition coefficient (Wildman–Crippen LogP) is 5.32. The molecule has 82 valence electrons. The average Bonchev–Trinajstić information content (AvgIpc) is 2.33. The first-order valence-corrected chi connectivity index (χ1v) is 6.02. The highest BCUT2D eigenvalue weighted by Crippen LogP contribution is 2.36. The first-order valence-electron chi connectivity index (χ1n) is 4.83. The van der Waals surface area contributed by atoms with Gasteiger partial charge in [0.15, 0.2) is 0 Å². The van der Waals surface area contributed by atoms with Gasteiger partial charge in [0.1, 0.15) is 0 Å². The third-order valence-corrected chi connectivity index (χ3v) is 3.67. The van der Waals surface area contributed by atoms with Gasteiger partial charge >= 0.3 is 0 Å². The summed E-state index contributed by atoms with van der Waals surface area (Å²) in [7, 11) is 0. The van der Waals surface area contributed by atoms with E-state index in [9.17, 15) is 0 Å². The van der Waals surface area contributed by atoms with Gasteiger partial charge in [-0.3, -0.25) is 0 Å². The molecular formula is C13H9Cl3. The van der Waals surface area contributed by atoms with E-state index >= 15 is 0 Å². The van der Waals surface area contributed by atoms with Crippen molar-refractivity contribution in [1.82, 2.24) is 0 Å². The Kier molecular flexibility index (Phi) is 3.75. The van der Waals surface area contributed by atoms with Crippen molar-refractivity contribution < 1.29 is 0 Å². The summed E-state index contributed by atoms with van der Waals surface area (Å²) in [6.07, 6.45) is 0. The van der Waals surface area contributed by atoms with Crippen LogP contribution in [0.15, 0.2) is 48.5 Å². The molecule has 0 fully saturated rings. The van der Waals surface area contributed by atoms with Crippen LogP contribution in [0.4, 0.5) is 0 Å². The molecule has 0 aliphatic heterocycles. The van der Waals surface area contributed by atoms with Gasteiger partial charge in [-0.05, 0) is 17.2 Å². The van der Waals surface area contributed by atoms with E-state index in [0.29, 0.717) is 10.0 Å². The Morgan fingerprint density at radius 1 is 0.812 bits per heavy atom. The summed E-state index contributed by atoms with van der Waals surface area (Å²) in [6, 6.07) is 15.3. The van der Waals surface area contributed by atoms with Crippen LogP contribution in [0.3, 0.4) is 0 Å². The van der Waals surface area contributed by atoms with E-state index in [2.05, 4.69) is 0 Å². The molecule has 0 amide bonds. The number of halogens is 3. The van der Waals surface area contributed by atoms with Gasteiger partial charge in [0, 0.05) is 0 Å². The first-order chi connectivity index (χ1) is 7.70. The van der Waals surface area contributed by atoms with Crippen molar-refractivity contribution in [1.29, 1.82) is 0 Å². The lowest BCUT2D eigenvalue weighted by Gasteiger charge is -2.12. The largest absolute Gasteiger partial charge is 0.113 e. The van der Waals surface area contributed by atoms with E-state index in [1.54, 1.807) is 6.07 Å². The summed E-state index contributed by atoms with van der Waals surface area (Å²) in [5, 5.41) is 0.779. The van der Waals surface area contributed by atoms with E-state index in [1.807, 2.05) is 42.5 Å². The molecule has 0 nitrogen and oxygen atoms in total. The van der Waals surface area contributed by atoms with E-state index in [1.165, 1.54) is 0 Å². The fourth-order valence-corrected chi connectivity index (χ4v) is 2.32. The molecule has 0 aliphatic carbocycles.